The standard InChI is InChI=1S/C32H35FN6O8/c1-6-7-8-44-31(43)46-28(40)37-24-16-35-14-22(17(24)2)21-11-19-12-25(38-29(41)45-20-9-18(10-20)13-34)36-15-23(19)27(26(21)33)39-30(42)47-32(3,4)5/h11-12,14-16,18,20H,6-10H2,1-5H3,(H,37,40)(H,39,42)(H,36,38,41). The van der Waals surface area contributed by atoms with Crippen LogP contribution in [0.2, 0.25) is 0 Å². The van der Waals surface area contributed by atoms with E-state index in [1.165, 1.54) is 30.7 Å². The molecule has 1 saturated carbocycles. The Kier molecular flexibility index (Phi) is 10.8. The molecule has 3 N–H and O–H groups in total. The molecule has 248 valence electrons. The molecular weight excluding hydrogens is 615 g/mol. The molecule has 47 heavy (non-hydrogen) atoms. The van der Waals surface area contributed by atoms with Crippen molar-refractivity contribution in [2.24, 2.45) is 5.92 Å². The number of pyridine rings is 2. The molecule has 2 aromatic heterocycles. The van der Waals surface area contributed by atoms with Crippen LogP contribution in [0.4, 0.5) is 40.8 Å². The first-order valence-corrected chi connectivity index (χ1v) is 14.9. The molecule has 1 aromatic carbocycles. The second-order valence-corrected chi connectivity index (χ2v) is 11.8. The lowest BCUT2D eigenvalue weighted by Crippen LogP contribution is -2.34. The summed E-state index contributed by atoms with van der Waals surface area (Å²) in [6.07, 6.45) is 1.83. The van der Waals surface area contributed by atoms with Crippen molar-refractivity contribution in [2.75, 3.05) is 22.6 Å². The highest BCUT2D eigenvalue weighted by Crippen LogP contribution is 2.38. The SMILES string of the molecule is CCCCOC(=O)OC(=O)Nc1cncc(-c2cc3cc(NC(=O)OC4CC(C#N)C4)ncc3c(NC(=O)OC(C)(C)C)c2F)c1C. The lowest BCUT2D eigenvalue weighted by molar-refractivity contribution is 0.0417. The van der Waals surface area contributed by atoms with Gasteiger partial charge in [-0.15, -0.1) is 0 Å². The zero-order valence-corrected chi connectivity index (χ0v) is 26.6. The van der Waals surface area contributed by atoms with E-state index in [1.807, 2.05) is 6.92 Å². The maximum absolute atomic E-state index is 16.3. The number of nitrogens with zero attached hydrogens (tertiary/aromatic N) is 3. The van der Waals surface area contributed by atoms with Gasteiger partial charge in [-0.1, -0.05) is 13.3 Å². The van der Waals surface area contributed by atoms with Crippen LogP contribution in [-0.4, -0.2) is 52.7 Å². The maximum atomic E-state index is 16.3. The van der Waals surface area contributed by atoms with Crippen molar-refractivity contribution in [3.63, 3.8) is 0 Å². The summed E-state index contributed by atoms with van der Waals surface area (Å²) in [5, 5.41) is 16.9. The van der Waals surface area contributed by atoms with Gasteiger partial charge in [-0.05, 0) is 57.2 Å². The highest BCUT2D eigenvalue weighted by molar-refractivity contribution is 6.04. The number of nitrogens with one attached hydrogen (secondary N) is 3. The molecule has 14 nitrogen and oxygen atoms in total. The van der Waals surface area contributed by atoms with Gasteiger partial charge in [0.05, 0.1) is 36.2 Å². The first kappa shape index (κ1) is 34.4. The molecule has 0 atom stereocenters. The highest BCUT2D eigenvalue weighted by Gasteiger charge is 2.32. The van der Waals surface area contributed by atoms with Crippen LogP contribution in [0.15, 0.2) is 30.7 Å². The second kappa shape index (κ2) is 14.7. The number of rotatable bonds is 8. The summed E-state index contributed by atoms with van der Waals surface area (Å²) >= 11 is 0. The Morgan fingerprint density at radius 3 is 2.45 bits per heavy atom. The zero-order valence-electron chi connectivity index (χ0n) is 26.6. The number of benzene rings is 1. The van der Waals surface area contributed by atoms with Crippen LogP contribution >= 0.6 is 0 Å². The van der Waals surface area contributed by atoms with E-state index in [4.69, 9.17) is 19.5 Å². The molecule has 0 saturated heterocycles. The largest absolute Gasteiger partial charge is 0.517 e. The third-order valence-corrected chi connectivity index (χ3v) is 7.00. The Labute approximate surface area is 269 Å². The quantitative estimate of drug-likeness (QED) is 0.0951. The predicted molar refractivity (Wildman–Crippen MR) is 168 cm³/mol. The summed E-state index contributed by atoms with van der Waals surface area (Å²) in [4.78, 5) is 57.7. The molecule has 3 aromatic rings. The topological polar surface area (TPSA) is 191 Å². The first-order valence-electron chi connectivity index (χ1n) is 14.9. The number of aromatic nitrogens is 2. The Balaban J connectivity index is 1.67. The van der Waals surface area contributed by atoms with E-state index in [1.54, 1.807) is 27.7 Å². The van der Waals surface area contributed by atoms with Crippen LogP contribution in [0.5, 0.6) is 0 Å². The lowest BCUT2D eigenvalue weighted by atomic mass is 9.84. The molecule has 0 unspecified atom stereocenters. The molecule has 1 aliphatic rings. The zero-order chi connectivity index (χ0) is 34.3. The van der Waals surface area contributed by atoms with E-state index in [9.17, 15) is 19.2 Å². The fraction of sp³-hybridized carbons (Fsp3) is 0.406. The number of anilines is 3. The first-order chi connectivity index (χ1) is 22.3. The summed E-state index contributed by atoms with van der Waals surface area (Å²) in [6.45, 7) is 8.56. The molecule has 0 aliphatic heterocycles. The van der Waals surface area contributed by atoms with Crippen LogP contribution in [0, 0.1) is 30.0 Å². The monoisotopic (exact) mass is 650 g/mol. The number of carbonyl (C=O) groups is 4. The van der Waals surface area contributed by atoms with Crippen LogP contribution < -0.4 is 16.0 Å². The normalized spacial score (nSPS) is 15.4. The molecule has 0 bridgehead atoms. The number of fused-ring (bicyclic) bond motifs is 1. The van der Waals surface area contributed by atoms with E-state index in [0.717, 1.165) is 6.42 Å². The number of ether oxygens (including phenoxy) is 4. The molecule has 0 radical (unpaired) electrons. The number of halogens is 1. The van der Waals surface area contributed by atoms with Gasteiger partial charge in [-0.25, -0.2) is 28.6 Å². The van der Waals surface area contributed by atoms with Crippen LogP contribution in [0.25, 0.3) is 21.9 Å². The van der Waals surface area contributed by atoms with Crippen LogP contribution in [0.1, 0.15) is 58.9 Å². The van der Waals surface area contributed by atoms with Gasteiger partial charge >= 0.3 is 24.4 Å². The van der Waals surface area contributed by atoms with Crippen LogP contribution in [-0.2, 0) is 18.9 Å². The molecule has 1 fully saturated rings. The minimum atomic E-state index is -1.17. The average molecular weight is 651 g/mol. The fourth-order valence-corrected chi connectivity index (χ4v) is 4.58. The maximum Gasteiger partial charge on any atom is 0.517 e. The van der Waals surface area contributed by atoms with Gasteiger partial charge in [0.25, 0.3) is 0 Å². The van der Waals surface area contributed by atoms with E-state index in [-0.39, 0.29) is 52.3 Å². The minimum Gasteiger partial charge on any atom is -0.446 e. The number of carbonyl (C=O) groups excluding carboxylic acids is 4. The number of hydrogen-bond donors (Lipinski definition) is 3. The number of hydrogen-bond acceptors (Lipinski definition) is 11. The Morgan fingerprint density at radius 1 is 1.02 bits per heavy atom. The van der Waals surface area contributed by atoms with E-state index < -0.39 is 35.9 Å². The summed E-state index contributed by atoms with van der Waals surface area (Å²) < 4.78 is 36.5. The number of unbranched alkanes of at least 4 members (excludes halogenated alkanes) is 1. The van der Waals surface area contributed by atoms with Gasteiger partial charge in [0, 0.05) is 41.7 Å². The van der Waals surface area contributed by atoms with Gasteiger partial charge in [-0.2, -0.15) is 5.26 Å². The van der Waals surface area contributed by atoms with Crippen molar-refractivity contribution in [2.45, 2.75) is 72.0 Å². The summed E-state index contributed by atoms with van der Waals surface area (Å²) in [7, 11) is 0. The summed E-state index contributed by atoms with van der Waals surface area (Å²) in [5.41, 5.74) is -0.467. The second-order valence-electron chi connectivity index (χ2n) is 11.8. The van der Waals surface area contributed by atoms with Crippen molar-refractivity contribution in [3.05, 3.63) is 42.1 Å². The third kappa shape index (κ3) is 9.03. The number of nitriles is 1. The predicted octanol–water partition coefficient (Wildman–Crippen LogP) is 7.43. The van der Waals surface area contributed by atoms with Crippen molar-refractivity contribution in [1.82, 2.24) is 9.97 Å². The number of amides is 3. The fourth-order valence-electron chi connectivity index (χ4n) is 4.58. The average Bonchev–Trinajstić information content (AvgIpc) is 2.96. The van der Waals surface area contributed by atoms with Gasteiger partial charge in [-0.3, -0.25) is 20.9 Å². The molecule has 4 rings (SSSR count). The molecule has 15 heteroatoms. The van der Waals surface area contributed by atoms with Crippen molar-refractivity contribution >= 4 is 52.4 Å². The molecular formula is C32H35FN6O8. The molecule has 1 aliphatic carbocycles. The summed E-state index contributed by atoms with van der Waals surface area (Å²) in [6, 6.07) is 5.04. The van der Waals surface area contributed by atoms with E-state index >= 15 is 4.39 Å². The van der Waals surface area contributed by atoms with E-state index in [2.05, 4.69) is 36.7 Å². The van der Waals surface area contributed by atoms with Crippen LogP contribution in [0.3, 0.4) is 0 Å². The Hall–Kier alpha value is -5.52. The Morgan fingerprint density at radius 2 is 1.77 bits per heavy atom. The van der Waals surface area contributed by atoms with Gasteiger partial charge in [0.1, 0.15) is 17.5 Å². The molecule has 2 heterocycles. The summed E-state index contributed by atoms with van der Waals surface area (Å²) in [5.74, 6) is -0.926. The highest BCUT2D eigenvalue weighted by atomic mass is 19.1. The van der Waals surface area contributed by atoms with Gasteiger partial charge in [0.2, 0.25) is 0 Å². The van der Waals surface area contributed by atoms with E-state index in [0.29, 0.717) is 30.2 Å². The smallest absolute Gasteiger partial charge is 0.446 e. The van der Waals surface area contributed by atoms with Crippen molar-refractivity contribution in [1.29, 1.82) is 5.26 Å². The van der Waals surface area contributed by atoms with Crippen molar-refractivity contribution in [3.8, 4) is 17.2 Å². The molecule has 0 spiro atoms. The third-order valence-electron chi connectivity index (χ3n) is 7.00. The minimum absolute atomic E-state index is 0.0266. The Bertz CT molecular complexity index is 1730. The lowest BCUT2D eigenvalue weighted by Gasteiger charge is -2.29. The van der Waals surface area contributed by atoms with Gasteiger partial charge < -0.3 is 18.9 Å². The van der Waals surface area contributed by atoms with Gasteiger partial charge in [0.15, 0.2) is 5.82 Å². The molecule has 3 amide bonds. The van der Waals surface area contributed by atoms with Crippen molar-refractivity contribution < 1.29 is 42.5 Å².